The molecule has 0 saturated carbocycles. The van der Waals surface area contributed by atoms with Gasteiger partial charge in [-0.1, -0.05) is 6.07 Å². The summed E-state index contributed by atoms with van der Waals surface area (Å²) in [4.78, 5) is 132. The normalized spacial score (nSPS) is 12.1. The third-order valence-electron chi connectivity index (χ3n) is 9.90. The maximum Gasteiger partial charge on any atom is 0.336 e. The van der Waals surface area contributed by atoms with E-state index in [4.69, 9.17) is 14.6 Å². The third kappa shape index (κ3) is 15.7. The van der Waals surface area contributed by atoms with E-state index in [0.29, 0.717) is 16.5 Å². The fraction of sp³-hybridized carbons (Fsp3) is 0.326. The Morgan fingerprint density at radius 1 is 0.559 bits per heavy atom. The van der Waals surface area contributed by atoms with Crippen LogP contribution in [0, 0.1) is 0 Å². The Balaban J connectivity index is 1.17. The molecule has 68 heavy (non-hydrogen) atoms. The van der Waals surface area contributed by atoms with Crippen LogP contribution in [-0.2, 0) is 33.6 Å². The number of phenolic OH excluding ortho intramolecular Hbond substituents is 1. The summed E-state index contributed by atoms with van der Waals surface area (Å²) in [6.07, 6.45) is -2.68. The van der Waals surface area contributed by atoms with Crippen molar-refractivity contribution in [1.82, 2.24) is 31.9 Å². The van der Waals surface area contributed by atoms with Gasteiger partial charge in [0.15, 0.2) is 5.43 Å². The van der Waals surface area contributed by atoms with Crippen molar-refractivity contribution < 1.29 is 83.0 Å². The summed E-state index contributed by atoms with van der Waals surface area (Å²) in [6.45, 7) is -0.296. The van der Waals surface area contributed by atoms with Gasteiger partial charge in [-0.15, -0.1) is 0 Å². The smallest absolute Gasteiger partial charge is 0.336 e. The van der Waals surface area contributed by atoms with Gasteiger partial charge in [-0.25, -0.2) is 28.8 Å². The highest BCUT2D eigenvalue weighted by molar-refractivity contribution is 6.08. The highest BCUT2D eigenvalue weighted by Crippen LogP contribution is 2.42. The van der Waals surface area contributed by atoms with Gasteiger partial charge in [0.2, 0.25) is 17.7 Å². The molecule has 4 rings (SSSR count). The molecule has 3 atom stereocenters. The van der Waals surface area contributed by atoms with Gasteiger partial charge in [0, 0.05) is 79.7 Å². The van der Waals surface area contributed by atoms with E-state index in [9.17, 15) is 73.2 Å². The van der Waals surface area contributed by atoms with Crippen LogP contribution in [-0.4, -0.2) is 128 Å². The van der Waals surface area contributed by atoms with Gasteiger partial charge in [-0.3, -0.25) is 24.0 Å². The Labute approximate surface area is 383 Å². The topological polar surface area (TPSA) is 407 Å². The number of carbonyl (C=O) groups excluding carboxylic acids is 5. The second kappa shape index (κ2) is 24.5. The average molecular weight is 950 g/mol. The zero-order valence-corrected chi connectivity index (χ0v) is 35.8. The molecule has 1 heterocycles. The summed E-state index contributed by atoms with van der Waals surface area (Å²) < 4.78 is 5.83. The number of phenols is 1. The van der Waals surface area contributed by atoms with Crippen LogP contribution in [0.1, 0.15) is 61.7 Å². The lowest BCUT2D eigenvalue weighted by molar-refractivity contribution is -0.142. The van der Waals surface area contributed by atoms with E-state index in [1.54, 1.807) is 6.07 Å². The molecule has 13 N–H and O–H groups in total. The molecule has 2 aliphatic rings. The lowest BCUT2D eigenvalue weighted by atomic mass is 9.90. The molecule has 0 saturated heterocycles. The number of fused-ring (bicyclic) bond motifs is 2. The number of aliphatic carboxylic acids is 4. The highest BCUT2D eigenvalue weighted by atomic mass is 16.4. The third-order valence-corrected chi connectivity index (χ3v) is 9.90. The van der Waals surface area contributed by atoms with E-state index < -0.39 is 103 Å². The molecule has 0 bridgehead atoms. The first-order chi connectivity index (χ1) is 32.2. The molecule has 0 spiro atoms. The van der Waals surface area contributed by atoms with Gasteiger partial charge in [0.25, 0.3) is 0 Å². The number of carboxylic acids is 5. The van der Waals surface area contributed by atoms with Crippen molar-refractivity contribution >= 4 is 76.3 Å². The van der Waals surface area contributed by atoms with Crippen LogP contribution in [0.5, 0.6) is 5.75 Å². The predicted octanol–water partition coefficient (Wildman–Crippen LogP) is 1.30. The molecular formula is C43H47N7O18. The second-order valence-corrected chi connectivity index (χ2v) is 14.9. The summed E-state index contributed by atoms with van der Waals surface area (Å²) in [7, 11) is 0. The fourth-order valence-electron chi connectivity index (χ4n) is 6.59. The number of benzene rings is 3. The van der Waals surface area contributed by atoms with Crippen LogP contribution < -0.4 is 42.6 Å². The Morgan fingerprint density at radius 2 is 1.13 bits per heavy atom. The summed E-state index contributed by atoms with van der Waals surface area (Å²) in [6, 6.07) is 5.81. The molecule has 7 amide bonds. The van der Waals surface area contributed by atoms with Gasteiger partial charge in [0.1, 0.15) is 35.2 Å². The number of urea groups is 2. The van der Waals surface area contributed by atoms with Crippen molar-refractivity contribution in [2.45, 2.75) is 69.5 Å². The molecule has 0 fully saturated rings. The van der Waals surface area contributed by atoms with Crippen molar-refractivity contribution in [3.8, 4) is 28.2 Å². The number of aromatic hydroxyl groups is 1. The molecule has 362 valence electrons. The Bertz CT molecular complexity index is 2610. The standard InChI is InChI=1S/C43H47N7O18/c51-22-4-7-25-31(19-22)68-32-20-23(52)5-8-26(32)37(25)24-6-3-21(18-27(24)38(58)59)47-42(66)46-15-1-2-35(55)48-28(39(60)61)9-12-33(53)44-16-17-45-34(54)13-10-29(40(62)63)49-43(67)50-30(41(64)65)11-14-36(56)57/h3-8,18-20,28-30,51H,1-2,9-17H2,(H,44,53)(H,45,54)(H,48,55)(H,56,57)(H,58,59)(H,60,61)(H,62,63)(H,64,65)(H2,46,47,66)(H2,49,50,67)/t28-,29-,30-/m0/s1. The number of aromatic carboxylic acids is 1. The average Bonchev–Trinajstić information content (AvgIpc) is 3.26. The maximum absolute atomic E-state index is 12.7. The molecule has 2 aromatic carbocycles. The van der Waals surface area contributed by atoms with Crippen LogP contribution in [0.25, 0.3) is 33.4 Å². The van der Waals surface area contributed by atoms with E-state index in [0.717, 1.165) is 0 Å². The molecule has 0 unspecified atom stereocenters. The minimum atomic E-state index is -1.62. The number of carbonyl (C=O) groups is 10. The number of nitrogens with one attached hydrogen (secondary N) is 7. The molecule has 1 aliphatic carbocycles. The highest BCUT2D eigenvalue weighted by Gasteiger charge is 2.27. The van der Waals surface area contributed by atoms with Crippen molar-refractivity contribution in [1.29, 1.82) is 0 Å². The number of hydrogen-bond donors (Lipinski definition) is 13. The molecule has 1 aliphatic heterocycles. The first-order valence-corrected chi connectivity index (χ1v) is 20.6. The van der Waals surface area contributed by atoms with Gasteiger partial charge < -0.3 is 72.3 Å². The van der Waals surface area contributed by atoms with Gasteiger partial charge in [-0.05, 0) is 67.6 Å². The zero-order chi connectivity index (χ0) is 50.1. The molecular weight excluding hydrogens is 903 g/mol. The number of rotatable bonds is 25. The molecule has 2 aromatic rings. The molecule has 0 radical (unpaired) electrons. The second-order valence-electron chi connectivity index (χ2n) is 14.9. The molecule has 0 aromatic heterocycles. The molecule has 25 heteroatoms. The number of anilines is 1. The lowest BCUT2D eigenvalue weighted by Crippen LogP contribution is -2.51. The van der Waals surface area contributed by atoms with Crippen LogP contribution in [0.15, 0.2) is 63.8 Å². The predicted molar refractivity (Wildman–Crippen MR) is 235 cm³/mol. The van der Waals surface area contributed by atoms with Crippen LogP contribution in [0.2, 0.25) is 0 Å². The van der Waals surface area contributed by atoms with Crippen LogP contribution in [0.3, 0.4) is 0 Å². The van der Waals surface area contributed by atoms with E-state index in [1.165, 1.54) is 48.5 Å². The monoisotopic (exact) mass is 949 g/mol. The summed E-state index contributed by atoms with van der Waals surface area (Å²) in [5.74, 6) is -9.10. The zero-order valence-electron chi connectivity index (χ0n) is 35.8. The largest absolute Gasteiger partial charge is 0.508 e. The lowest BCUT2D eigenvalue weighted by Gasteiger charge is -2.18. The van der Waals surface area contributed by atoms with E-state index >= 15 is 0 Å². The summed E-state index contributed by atoms with van der Waals surface area (Å²) in [5.41, 5.74) is 0.787. The maximum atomic E-state index is 12.7. The first kappa shape index (κ1) is 51.9. The first-order valence-electron chi connectivity index (χ1n) is 20.6. The number of amides is 7. The summed E-state index contributed by atoms with van der Waals surface area (Å²) >= 11 is 0. The SMILES string of the molecule is O=C(O)CC[C@H](NC(=O)N[C@@H](CCC(=O)NCCNC(=O)CC[C@H](NC(=O)CCCNC(=O)Nc1ccc(-c2c3ccc(=O)cc-3oc3cc(O)ccc23)c(C(=O)O)c1)C(=O)O)C(=O)O)C(=O)O. The summed E-state index contributed by atoms with van der Waals surface area (Å²) in [5, 5.41) is 73.7. The van der Waals surface area contributed by atoms with Crippen molar-refractivity contribution in [2.75, 3.05) is 25.0 Å². The van der Waals surface area contributed by atoms with E-state index in [1.807, 2.05) is 10.6 Å². The van der Waals surface area contributed by atoms with Crippen LogP contribution in [0.4, 0.5) is 15.3 Å². The fourth-order valence-corrected chi connectivity index (χ4v) is 6.59. The van der Waals surface area contributed by atoms with Crippen LogP contribution >= 0.6 is 0 Å². The Kier molecular flexibility index (Phi) is 18.7. The van der Waals surface area contributed by atoms with Crippen molar-refractivity contribution in [3.05, 3.63) is 70.4 Å². The minimum absolute atomic E-state index is 0.0550. The number of carboxylic acid groups (broad SMARTS) is 5. The number of hydrogen-bond acceptors (Lipinski definition) is 13. The minimum Gasteiger partial charge on any atom is -0.508 e. The quantitative estimate of drug-likeness (QED) is 0.0329. The van der Waals surface area contributed by atoms with Gasteiger partial charge in [-0.2, -0.15) is 0 Å². The van der Waals surface area contributed by atoms with Crippen molar-refractivity contribution in [2.24, 2.45) is 0 Å². The molecule has 25 nitrogen and oxygen atoms in total. The van der Waals surface area contributed by atoms with Gasteiger partial charge >= 0.3 is 41.9 Å². The Hall–Kier alpha value is -8.77. The van der Waals surface area contributed by atoms with Gasteiger partial charge in [0.05, 0.1) is 5.56 Å². The Morgan fingerprint density at radius 3 is 1.71 bits per heavy atom. The van der Waals surface area contributed by atoms with E-state index in [-0.39, 0.29) is 84.7 Å². The van der Waals surface area contributed by atoms with Crippen molar-refractivity contribution in [3.63, 3.8) is 0 Å². The van der Waals surface area contributed by atoms with E-state index in [2.05, 4.69) is 26.6 Å².